The van der Waals surface area contributed by atoms with E-state index in [9.17, 15) is 4.79 Å². The van der Waals surface area contributed by atoms with E-state index in [1.807, 2.05) is 17.7 Å². The average Bonchev–Trinajstić information content (AvgIpc) is 3.33. The van der Waals surface area contributed by atoms with Crippen LogP contribution < -0.4 is 5.32 Å². The van der Waals surface area contributed by atoms with Gasteiger partial charge in [-0.2, -0.15) is 0 Å². The Morgan fingerprint density at radius 1 is 1.15 bits per heavy atom. The Kier molecular flexibility index (Phi) is 4.56. The second kappa shape index (κ2) is 6.87. The van der Waals surface area contributed by atoms with Crippen molar-refractivity contribution < 1.29 is 4.79 Å². The van der Waals surface area contributed by atoms with Gasteiger partial charge in [0.2, 0.25) is 0 Å². The minimum Gasteiger partial charge on any atom is -0.354 e. The van der Waals surface area contributed by atoms with Gasteiger partial charge in [-0.05, 0) is 44.4 Å². The van der Waals surface area contributed by atoms with Crippen molar-refractivity contribution in [1.82, 2.24) is 29.5 Å². The summed E-state index contributed by atoms with van der Waals surface area (Å²) in [6, 6.07) is 4.34. The largest absolute Gasteiger partial charge is 0.354 e. The molecule has 1 aliphatic heterocycles. The van der Waals surface area contributed by atoms with Gasteiger partial charge in [-0.3, -0.25) is 9.69 Å². The fourth-order valence-electron chi connectivity index (χ4n) is 4.12. The van der Waals surface area contributed by atoms with Gasteiger partial charge in [0.05, 0.1) is 12.6 Å². The van der Waals surface area contributed by atoms with Crippen LogP contribution in [-0.2, 0) is 20.6 Å². The molecule has 1 saturated heterocycles. The molecule has 0 bridgehead atoms. The zero-order valence-corrected chi connectivity index (χ0v) is 15.9. The third kappa shape index (κ3) is 3.05. The van der Waals surface area contributed by atoms with Gasteiger partial charge in [0.25, 0.3) is 5.91 Å². The first-order valence-corrected chi connectivity index (χ1v) is 9.60. The lowest BCUT2D eigenvalue weighted by atomic mass is 9.99. The van der Waals surface area contributed by atoms with Crippen molar-refractivity contribution in [3.63, 3.8) is 0 Å². The monoisotopic (exact) mass is 356 g/mol. The molecule has 0 radical (unpaired) electrons. The fraction of sp³-hybridized carbons (Fsp3) is 0.632. The summed E-state index contributed by atoms with van der Waals surface area (Å²) in [6.07, 6.45) is 6.01. The molecule has 0 aromatic carbocycles. The van der Waals surface area contributed by atoms with Gasteiger partial charge in [0.1, 0.15) is 17.3 Å². The van der Waals surface area contributed by atoms with Crippen molar-refractivity contribution in [2.24, 2.45) is 14.1 Å². The van der Waals surface area contributed by atoms with Gasteiger partial charge in [-0.25, -0.2) is 0 Å². The highest BCUT2D eigenvalue weighted by molar-refractivity contribution is 5.92. The molecule has 2 aliphatic rings. The van der Waals surface area contributed by atoms with Crippen LogP contribution in [0.25, 0.3) is 0 Å². The standard InChI is InChI=1S/C19H28N6O/c1-20-19(26)16-10-9-14(23(16)2)15-6-4-5-11-25(15)12-17-21-22-18(24(17)3)13-7-8-13/h9-10,13,15H,4-8,11-12H2,1-3H3,(H,20,26). The average molecular weight is 356 g/mol. The van der Waals surface area contributed by atoms with Crippen LogP contribution in [0.15, 0.2) is 12.1 Å². The lowest BCUT2D eigenvalue weighted by Gasteiger charge is -2.35. The Hall–Kier alpha value is -2.15. The number of carbonyl (C=O) groups is 1. The molecule has 2 aromatic rings. The first-order chi connectivity index (χ1) is 12.6. The maximum Gasteiger partial charge on any atom is 0.267 e. The summed E-state index contributed by atoms with van der Waals surface area (Å²) in [5.74, 6) is 2.75. The number of hydrogen-bond acceptors (Lipinski definition) is 4. The van der Waals surface area contributed by atoms with Crippen molar-refractivity contribution in [2.45, 2.75) is 50.6 Å². The molecular weight excluding hydrogens is 328 g/mol. The number of piperidine rings is 1. The quantitative estimate of drug-likeness (QED) is 0.891. The molecule has 1 amide bonds. The van der Waals surface area contributed by atoms with Gasteiger partial charge in [0.15, 0.2) is 0 Å². The second-order valence-corrected chi connectivity index (χ2v) is 7.57. The minimum absolute atomic E-state index is 0.0384. The molecule has 4 rings (SSSR count). The van der Waals surface area contributed by atoms with Crippen molar-refractivity contribution in [2.75, 3.05) is 13.6 Å². The molecule has 140 valence electrons. The number of likely N-dealkylation sites (tertiary alicyclic amines) is 1. The third-order valence-corrected chi connectivity index (χ3v) is 5.86. The Bertz CT molecular complexity index is 803. The van der Waals surface area contributed by atoms with E-state index >= 15 is 0 Å². The Morgan fingerprint density at radius 2 is 1.96 bits per heavy atom. The fourth-order valence-corrected chi connectivity index (χ4v) is 4.12. The SMILES string of the molecule is CNC(=O)c1ccc(C2CCCCN2Cc2nnc(C3CC3)n2C)n1C. The molecule has 1 aliphatic carbocycles. The van der Waals surface area contributed by atoms with Crippen molar-refractivity contribution in [3.05, 3.63) is 35.2 Å². The zero-order chi connectivity index (χ0) is 18.3. The molecule has 1 saturated carbocycles. The molecule has 1 unspecified atom stereocenters. The Morgan fingerprint density at radius 3 is 2.69 bits per heavy atom. The van der Waals surface area contributed by atoms with Gasteiger partial charge in [0, 0.05) is 32.8 Å². The maximum atomic E-state index is 12.1. The van der Waals surface area contributed by atoms with E-state index in [1.165, 1.54) is 31.4 Å². The molecule has 7 nitrogen and oxygen atoms in total. The van der Waals surface area contributed by atoms with Gasteiger partial charge >= 0.3 is 0 Å². The summed E-state index contributed by atoms with van der Waals surface area (Å²) >= 11 is 0. The maximum absolute atomic E-state index is 12.1. The normalized spacial score (nSPS) is 21.1. The van der Waals surface area contributed by atoms with E-state index in [1.54, 1.807) is 7.05 Å². The second-order valence-electron chi connectivity index (χ2n) is 7.57. The first kappa shape index (κ1) is 17.3. The van der Waals surface area contributed by atoms with Crippen LogP contribution in [0.3, 0.4) is 0 Å². The molecule has 1 atom stereocenters. The summed E-state index contributed by atoms with van der Waals surface area (Å²) in [7, 11) is 5.75. The van der Waals surface area contributed by atoms with Crippen molar-refractivity contribution in [1.29, 1.82) is 0 Å². The van der Waals surface area contributed by atoms with E-state index < -0.39 is 0 Å². The minimum atomic E-state index is -0.0384. The molecule has 1 N–H and O–H groups in total. The molecule has 0 spiro atoms. The van der Waals surface area contributed by atoms with Crippen LogP contribution in [0.4, 0.5) is 0 Å². The van der Waals surface area contributed by atoms with Crippen LogP contribution >= 0.6 is 0 Å². The van der Waals surface area contributed by atoms with Crippen LogP contribution in [0.1, 0.15) is 71.9 Å². The molecule has 3 heterocycles. The molecule has 2 aromatic heterocycles. The number of rotatable bonds is 5. The van der Waals surface area contributed by atoms with Gasteiger partial charge < -0.3 is 14.5 Å². The van der Waals surface area contributed by atoms with E-state index in [-0.39, 0.29) is 5.91 Å². The number of carbonyl (C=O) groups excluding carboxylic acids is 1. The van der Waals surface area contributed by atoms with Crippen molar-refractivity contribution >= 4 is 5.91 Å². The van der Waals surface area contributed by atoms with Crippen LogP contribution in [0.2, 0.25) is 0 Å². The first-order valence-electron chi connectivity index (χ1n) is 9.60. The lowest BCUT2D eigenvalue weighted by molar-refractivity contribution is 0.0952. The van der Waals surface area contributed by atoms with E-state index in [4.69, 9.17) is 0 Å². The van der Waals surface area contributed by atoms with E-state index in [0.29, 0.717) is 17.7 Å². The number of amides is 1. The molecule has 7 heteroatoms. The van der Waals surface area contributed by atoms with E-state index in [0.717, 1.165) is 31.2 Å². The summed E-state index contributed by atoms with van der Waals surface area (Å²) in [5, 5.41) is 11.6. The highest BCUT2D eigenvalue weighted by Gasteiger charge is 2.31. The number of hydrogen-bond donors (Lipinski definition) is 1. The zero-order valence-electron chi connectivity index (χ0n) is 15.9. The number of nitrogens with zero attached hydrogens (tertiary/aromatic N) is 5. The highest BCUT2D eigenvalue weighted by Crippen LogP contribution is 2.39. The smallest absolute Gasteiger partial charge is 0.267 e. The lowest BCUT2D eigenvalue weighted by Crippen LogP contribution is -2.35. The predicted octanol–water partition coefficient (Wildman–Crippen LogP) is 2.12. The van der Waals surface area contributed by atoms with Crippen molar-refractivity contribution in [3.8, 4) is 0 Å². The van der Waals surface area contributed by atoms with Gasteiger partial charge in [-0.15, -0.1) is 10.2 Å². The Balaban J connectivity index is 1.57. The van der Waals surface area contributed by atoms with Crippen LogP contribution in [0, 0.1) is 0 Å². The summed E-state index contributed by atoms with van der Waals surface area (Å²) in [5.41, 5.74) is 1.91. The third-order valence-electron chi connectivity index (χ3n) is 5.86. The van der Waals surface area contributed by atoms with Gasteiger partial charge in [-0.1, -0.05) is 6.42 Å². The molecular formula is C19H28N6O. The summed E-state index contributed by atoms with van der Waals surface area (Å²) in [4.78, 5) is 14.5. The van der Waals surface area contributed by atoms with E-state index in [2.05, 4.69) is 38.1 Å². The van der Waals surface area contributed by atoms with Crippen LogP contribution in [0.5, 0.6) is 0 Å². The summed E-state index contributed by atoms with van der Waals surface area (Å²) in [6.45, 7) is 1.86. The molecule has 26 heavy (non-hydrogen) atoms. The highest BCUT2D eigenvalue weighted by atomic mass is 16.1. The predicted molar refractivity (Wildman–Crippen MR) is 98.8 cm³/mol. The Labute approximate surface area is 154 Å². The summed E-state index contributed by atoms with van der Waals surface area (Å²) < 4.78 is 4.22. The number of nitrogens with one attached hydrogen (secondary N) is 1. The topological polar surface area (TPSA) is 68.0 Å². The molecule has 2 fully saturated rings. The van der Waals surface area contributed by atoms with Crippen LogP contribution in [-0.4, -0.2) is 43.7 Å². The number of aromatic nitrogens is 4.